The third-order valence-electron chi connectivity index (χ3n) is 2.92. The Labute approximate surface area is 131 Å². The van der Waals surface area contributed by atoms with Crippen LogP contribution in [0, 0.1) is 10.1 Å². The van der Waals surface area contributed by atoms with Crippen molar-refractivity contribution >= 4 is 23.7 Å². The minimum Gasteiger partial charge on any atom is -0.491 e. The van der Waals surface area contributed by atoms with Gasteiger partial charge in [0.05, 0.1) is 17.1 Å². The van der Waals surface area contributed by atoms with Crippen LogP contribution in [0.1, 0.15) is 12.5 Å². The van der Waals surface area contributed by atoms with Gasteiger partial charge in [0.1, 0.15) is 18.1 Å². The number of nitrogens with one attached hydrogen (secondary N) is 2. The lowest BCUT2D eigenvalue weighted by Crippen LogP contribution is -2.22. The molecule has 23 heavy (non-hydrogen) atoms. The number of nitro benzene ring substituents is 1. The molecule has 9 heteroatoms. The van der Waals surface area contributed by atoms with E-state index in [0.29, 0.717) is 25.6 Å². The van der Waals surface area contributed by atoms with Gasteiger partial charge in [0, 0.05) is 12.7 Å². The molecule has 0 atom stereocenters. The number of imide groups is 1. The van der Waals surface area contributed by atoms with Crippen LogP contribution in [-0.4, -0.2) is 36.7 Å². The molecule has 9 nitrogen and oxygen atoms in total. The molecule has 0 aliphatic carbocycles. The third kappa shape index (κ3) is 4.27. The molecular weight excluding hydrogens is 306 g/mol. The van der Waals surface area contributed by atoms with Crippen LogP contribution in [0.5, 0.6) is 5.75 Å². The first-order valence-corrected chi connectivity index (χ1v) is 6.84. The molecule has 1 aromatic rings. The number of benzene rings is 1. The zero-order valence-electron chi connectivity index (χ0n) is 12.3. The number of nitrogens with zero attached hydrogens (tertiary/aromatic N) is 1. The maximum absolute atomic E-state index is 11.5. The van der Waals surface area contributed by atoms with Crippen molar-refractivity contribution in [1.29, 1.82) is 0 Å². The molecule has 0 spiro atoms. The first-order chi connectivity index (χ1) is 11.0. The number of hydrogen-bond acceptors (Lipinski definition) is 6. The van der Waals surface area contributed by atoms with Crippen molar-refractivity contribution < 1.29 is 24.0 Å². The van der Waals surface area contributed by atoms with Crippen molar-refractivity contribution in [3.05, 3.63) is 39.6 Å². The number of carbonyl (C=O) groups is 2. The van der Waals surface area contributed by atoms with Crippen molar-refractivity contribution in [3.63, 3.8) is 0 Å². The summed E-state index contributed by atoms with van der Waals surface area (Å²) in [7, 11) is 0. The van der Waals surface area contributed by atoms with Crippen LogP contribution in [0.3, 0.4) is 0 Å². The van der Waals surface area contributed by atoms with Crippen LogP contribution >= 0.6 is 0 Å². The molecule has 1 heterocycles. The lowest BCUT2D eigenvalue weighted by Gasteiger charge is -2.07. The van der Waals surface area contributed by atoms with Gasteiger partial charge < -0.3 is 14.8 Å². The number of nitro groups is 1. The standard InChI is InChI=1S/C14H15N3O6/c1-2-22-5-6-23-10-3-4-12(17(20)21)9(7-10)8-11-13(18)16-14(19)15-11/h3-4,7-8H,2,5-6H2,1H3,(H2,15,16,18,19)/b11-8+. The summed E-state index contributed by atoms with van der Waals surface area (Å²) in [5.41, 5.74) is -0.121. The molecule has 1 aromatic carbocycles. The van der Waals surface area contributed by atoms with Gasteiger partial charge in [0.2, 0.25) is 0 Å². The van der Waals surface area contributed by atoms with Gasteiger partial charge in [-0.3, -0.25) is 20.2 Å². The van der Waals surface area contributed by atoms with E-state index in [-0.39, 0.29) is 16.9 Å². The molecular formula is C14H15N3O6. The molecule has 1 aliphatic heterocycles. The number of amides is 3. The van der Waals surface area contributed by atoms with Crippen molar-refractivity contribution in [3.8, 4) is 5.75 Å². The van der Waals surface area contributed by atoms with E-state index in [1.807, 2.05) is 12.2 Å². The van der Waals surface area contributed by atoms with E-state index in [9.17, 15) is 19.7 Å². The normalized spacial score (nSPS) is 15.4. The van der Waals surface area contributed by atoms with Crippen LogP contribution < -0.4 is 15.4 Å². The molecule has 1 saturated heterocycles. The number of urea groups is 1. The SMILES string of the molecule is CCOCCOc1ccc([N+](=O)[O-])c(/C=C2/NC(=O)NC2=O)c1. The molecule has 0 unspecified atom stereocenters. The van der Waals surface area contributed by atoms with Crippen molar-refractivity contribution in [1.82, 2.24) is 10.6 Å². The second-order valence-corrected chi connectivity index (χ2v) is 4.49. The van der Waals surface area contributed by atoms with E-state index in [1.54, 1.807) is 0 Å². The van der Waals surface area contributed by atoms with Crippen LogP contribution in [0.15, 0.2) is 23.9 Å². The Hall–Kier alpha value is -2.94. The van der Waals surface area contributed by atoms with Crippen molar-refractivity contribution in [2.24, 2.45) is 0 Å². The quantitative estimate of drug-likeness (QED) is 0.256. The smallest absolute Gasteiger partial charge is 0.326 e. The van der Waals surface area contributed by atoms with E-state index in [1.165, 1.54) is 24.3 Å². The molecule has 1 aliphatic rings. The van der Waals surface area contributed by atoms with Gasteiger partial charge in [-0.25, -0.2) is 4.79 Å². The Morgan fingerprint density at radius 2 is 2.04 bits per heavy atom. The van der Waals surface area contributed by atoms with E-state index < -0.39 is 16.9 Å². The maximum atomic E-state index is 11.5. The molecule has 3 amide bonds. The number of hydrogen-bond donors (Lipinski definition) is 2. The molecule has 0 saturated carbocycles. The number of carbonyl (C=O) groups excluding carboxylic acids is 2. The summed E-state index contributed by atoms with van der Waals surface area (Å²) in [4.78, 5) is 33.1. The maximum Gasteiger partial charge on any atom is 0.326 e. The average molecular weight is 321 g/mol. The van der Waals surface area contributed by atoms with E-state index in [2.05, 4.69) is 5.32 Å². The van der Waals surface area contributed by atoms with Gasteiger partial charge in [-0.1, -0.05) is 0 Å². The van der Waals surface area contributed by atoms with Gasteiger partial charge in [0.15, 0.2) is 0 Å². The topological polar surface area (TPSA) is 120 Å². The molecule has 1 fully saturated rings. The molecule has 122 valence electrons. The highest BCUT2D eigenvalue weighted by molar-refractivity contribution is 6.14. The van der Waals surface area contributed by atoms with Crippen LogP contribution in [0.2, 0.25) is 0 Å². The summed E-state index contributed by atoms with van der Waals surface area (Å²) in [6.07, 6.45) is 1.23. The zero-order chi connectivity index (χ0) is 16.8. The Morgan fingerprint density at radius 3 is 2.65 bits per heavy atom. The van der Waals surface area contributed by atoms with Crippen LogP contribution in [0.4, 0.5) is 10.5 Å². The summed E-state index contributed by atoms with van der Waals surface area (Å²) in [5, 5.41) is 15.4. The fourth-order valence-electron chi connectivity index (χ4n) is 1.90. The molecule has 0 radical (unpaired) electrons. The van der Waals surface area contributed by atoms with E-state index in [0.717, 1.165) is 0 Å². The van der Waals surface area contributed by atoms with Gasteiger partial charge in [-0.15, -0.1) is 0 Å². The number of rotatable bonds is 7. The van der Waals surface area contributed by atoms with Gasteiger partial charge in [-0.05, 0) is 25.1 Å². The highest BCUT2D eigenvalue weighted by atomic mass is 16.6. The highest BCUT2D eigenvalue weighted by Gasteiger charge is 2.24. The lowest BCUT2D eigenvalue weighted by atomic mass is 10.1. The summed E-state index contributed by atoms with van der Waals surface area (Å²) >= 11 is 0. The minimum atomic E-state index is -0.673. The van der Waals surface area contributed by atoms with Gasteiger partial charge >= 0.3 is 6.03 Å². The van der Waals surface area contributed by atoms with Gasteiger partial charge in [-0.2, -0.15) is 0 Å². The molecule has 0 bridgehead atoms. The summed E-state index contributed by atoms with van der Waals surface area (Å²) in [5.74, 6) is -0.251. The largest absolute Gasteiger partial charge is 0.491 e. The summed E-state index contributed by atoms with van der Waals surface area (Å²) in [6.45, 7) is 3.11. The predicted molar refractivity (Wildman–Crippen MR) is 79.7 cm³/mol. The summed E-state index contributed by atoms with van der Waals surface area (Å²) < 4.78 is 10.6. The zero-order valence-corrected chi connectivity index (χ0v) is 12.3. The second kappa shape index (κ2) is 7.36. The minimum absolute atomic E-state index is 0.0652. The van der Waals surface area contributed by atoms with E-state index >= 15 is 0 Å². The monoisotopic (exact) mass is 321 g/mol. The first-order valence-electron chi connectivity index (χ1n) is 6.84. The lowest BCUT2D eigenvalue weighted by molar-refractivity contribution is -0.385. The Balaban J connectivity index is 2.24. The predicted octanol–water partition coefficient (Wildman–Crippen LogP) is 1.19. The number of ether oxygens (including phenoxy) is 2. The Kier molecular flexibility index (Phi) is 5.26. The second-order valence-electron chi connectivity index (χ2n) is 4.49. The van der Waals surface area contributed by atoms with Crippen molar-refractivity contribution in [2.45, 2.75) is 6.92 Å². The third-order valence-corrected chi connectivity index (χ3v) is 2.92. The fraction of sp³-hybridized carbons (Fsp3) is 0.286. The molecule has 0 aromatic heterocycles. The van der Waals surface area contributed by atoms with E-state index in [4.69, 9.17) is 9.47 Å². The van der Waals surface area contributed by atoms with Crippen LogP contribution in [0.25, 0.3) is 6.08 Å². The Bertz CT molecular complexity index is 670. The van der Waals surface area contributed by atoms with Crippen LogP contribution in [-0.2, 0) is 9.53 Å². The Morgan fingerprint density at radius 1 is 1.26 bits per heavy atom. The highest BCUT2D eigenvalue weighted by Crippen LogP contribution is 2.26. The average Bonchev–Trinajstić information content (AvgIpc) is 2.81. The fourth-order valence-corrected chi connectivity index (χ4v) is 1.90. The molecule has 2 N–H and O–H groups in total. The first kappa shape index (κ1) is 16.4. The molecule has 2 rings (SSSR count). The van der Waals surface area contributed by atoms with Gasteiger partial charge in [0.25, 0.3) is 11.6 Å². The van der Waals surface area contributed by atoms with Crippen molar-refractivity contribution in [2.75, 3.05) is 19.8 Å². The summed E-state index contributed by atoms with van der Waals surface area (Å²) in [6, 6.07) is 3.48.